The molecule has 1 aromatic carbocycles. The largest absolute Gasteiger partial charge is 0.490 e. The molecule has 164 valence electrons. The van der Waals surface area contributed by atoms with E-state index in [4.69, 9.17) is 9.90 Å². The van der Waals surface area contributed by atoms with Crippen LogP contribution in [0.2, 0.25) is 0 Å². The van der Waals surface area contributed by atoms with Crippen LogP contribution in [0.4, 0.5) is 26.3 Å². The molecule has 1 aliphatic heterocycles. The first-order valence-electron chi connectivity index (χ1n) is 9.48. The van der Waals surface area contributed by atoms with Crippen LogP contribution >= 0.6 is 0 Å². The standard InChI is InChI=1S/C17H23F3N2.C2HF3O2/c18-13-11-16(19)15(17(20)12-13)5-6-21-7-9-22(10-8-21)14-3-1-2-4-14;3-2(4,5)1(6)7/h11-12,14H,1-10H2;(H,6,7). The quantitative estimate of drug-likeness (QED) is 0.744. The van der Waals surface area contributed by atoms with Crippen molar-refractivity contribution in [1.82, 2.24) is 9.80 Å². The van der Waals surface area contributed by atoms with Crippen molar-refractivity contribution in [1.29, 1.82) is 0 Å². The van der Waals surface area contributed by atoms with Crippen LogP contribution in [0.1, 0.15) is 31.2 Å². The van der Waals surface area contributed by atoms with E-state index in [1.54, 1.807) is 0 Å². The maximum atomic E-state index is 13.6. The minimum absolute atomic E-state index is 0.000350. The van der Waals surface area contributed by atoms with E-state index < -0.39 is 29.6 Å². The van der Waals surface area contributed by atoms with Crippen molar-refractivity contribution in [3.63, 3.8) is 0 Å². The number of hydrogen-bond donors (Lipinski definition) is 1. The molecule has 0 radical (unpaired) electrons. The number of rotatable bonds is 4. The molecule has 1 heterocycles. The molecule has 29 heavy (non-hydrogen) atoms. The van der Waals surface area contributed by atoms with Crippen LogP contribution in [0, 0.1) is 17.5 Å². The molecule has 4 nitrogen and oxygen atoms in total. The minimum atomic E-state index is -5.08. The molecule has 0 bridgehead atoms. The van der Waals surface area contributed by atoms with Crippen molar-refractivity contribution < 1.29 is 36.2 Å². The van der Waals surface area contributed by atoms with Gasteiger partial charge in [0.25, 0.3) is 0 Å². The van der Waals surface area contributed by atoms with Crippen molar-refractivity contribution >= 4 is 5.97 Å². The summed E-state index contributed by atoms with van der Waals surface area (Å²) >= 11 is 0. The first-order valence-corrected chi connectivity index (χ1v) is 9.48. The number of carbonyl (C=O) groups is 1. The third kappa shape index (κ3) is 7.18. The summed E-state index contributed by atoms with van der Waals surface area (Å²) in [5.41, 5.74) is -0.000350. The molecule has 0 atom stereocenters. The van der Waals surface area contributed by atoms with Crippen molar-refractivity contribution in [2.45, 2.75) is 44.3 Å². The van der Waals surface area contributed by atoms with Crippen LogP contribution in [0.25, 0.3) is 0 Å². The Balaban J connectivity index is 0.000000370. The number of hydrogen-bond acceptors (Lipinski definition) is 3. The SMILES string of the molecule is Fc1cc(F)c(CCN2CCN(C3CCCC3)CC2)c(F)c1.O=C(O)C(F)(F)F. The zero-order chi connectivity index (χ0) is 21.6. The highest BCUT2D eigenvalue weighted by molar-refractivity contribution is 5.73. The lowest BCUT2D eigenvalue weighted by Gasteiger charge is -2.38. The fourth-order valence-electron chi connectivity index (χ4n) is 3.70. The Morgan fingerprint density at radius 2 is 1.48 bits per heavy atom. The van der Waals surface area contributed by atoms with Crippen LogP contribution in [0.15, 0.2) is 12.1 Å². The average Bonchev–Trinajstić information content (AvgIpc) is 3.15. The van der Waals surface area contributed by atoms with Crippen LogP contribution in [0.3, 0.4) is 0 Å². The van der Waals surface area contributed by atoms with E-state index in [1.165, 1.54) is 25.7 Å². The number of carboxylic acid groups (broad SMARTS) is 1. The van der Waals surface area contributed by atoms with Crippen LogP contribution < -0.4 is 0 Å². The summed E-state index contributed by atoms with van der Waals surface area (Å²) in [6.45, 7) is 4.60. The van der Waals surface area contributed by atoms with Crippen LogP contribution in [-0.2, 0) is 11.2 Å². The molecule has 0 amide bonds. The van der Waals surface area contributed by atoms with Crippen LogP contribution in [-0.4, -0.2) is 65.8 Å². The molecule has 1 saturated carbocycles. The fraction of sp³-hybridized carbons (Fsp3) is 0.632. The van der Waals surface area contributed by atoms with Crippen molar-refractivity contribution in [3.8, 4) is 0 Å². The third-order valence-electron chi connectivity index (χ3n) is 5.27. The average molecular weight is 426 g/mol. The number of benzene rings is 1. The molecule has 10 heteroatoms. The van der Waals surface area contributed by atoms with Gasteiger partial charge in [0, 0.05) is 56.5 Å². The molecule has 0 spiro atoms. The van der Waals surface area contributed by atoms with Gasteiger partial charge in [0.1, 0.15) is 17.5 Å². The maximum Gasteiger partial charge on any atom is 0.490 e. The summed E-state index contributed by atoms with van der Waals surface area (Å²) in [6.07, 6.45) is 0.515. The summed E-state index contributed by atoms with van der Waals surface area (Å²) in [7, 11) is 0. The molecule has 1 aromatic rings. The van der Waals surface area contributed by atoms with Gasteiger partial charge >= 0.3 is 12.1 Å². The number of nitrogens with zero attached hydrogens (tertiary/aromatic N) is 2. The minimum Gasteiger partial charge on any atom is -0.475 e. The second-order valence-electron chi connectivity index (χ2n) is 7.22. The number of alkyl halides is 3. The van der Waals surface area contributed by atoms with Gasteiger partial charge in [0.15, 0.2) is 0 Å². The van der Waals surface area contributed by atoms with Gasteiger partial charge in [-0.2, -0.15) is 13.2 Å². The first kappa shape index (κ1) is 23.5. The second kappa shape index (κ2) is 10.3. The van der Waals surface area contributed by atoms with E-state index in [-0.39, 0.29) is 5.56 Å². The van der Waals surface area contributed by atoms with Gasteiger partial charge in [0.05, 0.1) is 0 Å². The van der Waals surface area contributed by atoms with Gasteiger partial charge in [0.2, 0.25) is 0 Å². The highest BCUT2D eigenvalue weighted by Gasteiger charge is 2.38. The monoisotopic (exact) mass is 426 g/mol. The lowest BCUT2D eigenvalue weighted by molar-refractivity contribution is -0.192. The summed E-state index contributed by atoms with van der Waals surface area (Å²) in [6, 6.07) is 2.27. The predicted molar refractivity (Wildman–Crippen MR) is 94.0 cm³/mol. The Bertz CT molecular complexity index is 661. The Labute approximate surface area is 165 Å². The van der Waals surface area contributed by atoms with Crippen molar-refractivity contribution in [2.75, 3.05) is 32.7 Å². The summed E-state index contributed by atoms with van der Waals surface area (Å²) in [5, 5.41) is 7.12. The molecule has 2 aliphatic rings. The molecule has 1 aliphatic carbocycles. The Morgan fingerprint density at radius 1 is 1.00 bits per heavy atom. The normalized spacial score (nSPS) is 19.1. The second-order valence-corrected chi connectivity index (χ2v) is 7.22. The van der Waals surface area contributed by atoms with Crippen molar-refractivity contribution in [2.24, 2.45) is 0 Å². The molecule has 0 aromatic heterocycles. The van der Waals surface area contributed by atoms with Crippen LogP contribution in [0.5, 0.6) is 0 Å². The Kier molecular flexibility index (Phi) is 8.33. The number of piperazine rings is 1. The zero-order valence-electron chi connectivity index (χ0n) is 15.8. The maximum absolute atomic E-state index is 13.6. The van der Waals surface area contributed by atoms with E-state index in [0.29, 0.717) is 13.0 Å². The van der Waals surface area contributed by atoms with E-state index in [2.05, 4.69) is 9.80 Å². The number of halogens is 6. The molecule has 1 saturated heterocycles. The van der Waals surface area contributed by atoms with Crippen molar-refractivity contribution in [3.05, 3.63) is 35.1 Å². The van der Waals surface area contributed by atoms with Gasteiger partial charge in [-0.05, 0) is 19.3 Å². The number of aliphatic carboxylic acids is 1. The third-order valence-corrected chi connectivity index (χ3v) is 5.27. The van der Waals surface area contributed by atoms with E-state index in [0.717, 1.165) is 44.4 Å². The summed E-state index contributed by atoms with van der Waals surface area (Å²) in [5.74, 6) is -5.17. The molecule has 0 unspecified atom stereocenters. The van der Waals surface area contributed by atoms with E-state index in [9.17, 15) is 26.3 Å². The summed E-state index contributed by atoms with van der Waals surface area (Å²) < 4.78 is 71.9. The number of carboxylic acids is 1. The zero-order valence-corrected chi connectivity index (χ0v) is 15.8. The molecule has 2 fully saturated rings. The molecule has 1 N–H and O–H groups in total. The Morgan fingerprint density at radius 3 is 1.93 bits per heavy atom. The molecule has 3 rings (SSSR count). The smallest absolute Gasteiger partial charge is 0.475 e. The van der Waals surface area contributed by atoms with E-state index >= 15 is 0 Å². The predicted octanol–water partition coefficient (Wildman–Crippen LogP) is 3.84. The topological polar surface area (TPSA) is 43.8 Å². The van der Waals surface area contributed by atoms with E-state index in [1.807, 2.05) is 0 Å². The highest BCUT2D eigenvalue weighted by Crippen LogP contribution is 2.24. The highest BCUT2D eigenvalue weighted by atomic mass is 19.4. The fourth-order valence-corrected chi connectivity index (χ4v) is 3.70. The molecular formula is C19H24F6N2O2. The summed E-state index contributed by atoms with van der Waals surface area (Å²) in [4.78, 5) is 13.7. The lowest BCUT2D eigenvalue weighted by atomic mass is 10.1. The van der Waals surface area contributed by atoms with Gasteiger partial charge in [-0.3, -0.25) is 4.90 Å². The lowest BCUT2D eigenvalue weighted by Crippen LogP contribution is -2.50. The van der Waals surface area contributed by atoms with Gasteiger partial charge in [-0.25, -0.2) is 18.0 Å². The van der Waals surface area contributed by atoms with Gasteiger partial charge < -0.3 is 10.0 Å². The van der Waals surface area contributed by atoms with Gasteiger partial charge in [-0.15, -0.1) is 0 Å². The Hall–Kier alpha value is -1.81. The van der Waals surface area contributed by atoms with Gasteiger partial charge in [-0.1, -0.05) is 12.8 Å². The first-order chi connectivity index (χ1) is 13.6. The molecular weight excluding hydrogens is 402 g/mol.